The Bertz CT molecular complexity index is 1650. The third-order valence-electron chi connectivity index (χ3n) is 7.60. The molecular formula is C32H43N6O7S+. The second kappa shape index (κ2) is 14.9. The third kappa shape index (κ3) is 10.4. The van der Waals surface area contributed by atoms with Gasteiger partial charge in [-0.15, -0.1) is 0 Å². The van der Waals surface area contributed by atoms with Gasteiger partial charge < -0.3 is 20.7 Å². The quantitative estimate of drug-likeness (QED) is 0.137. The molecule has 1 saturated carbocycles. The molecule has 1 aromatic heterocycles. The average Bonchev–Trinajstić information content (AvgIpc) is 2.97. The van der Waals surface area contributed by atoms with Gasteiger partial charge in [-0.2, -0.15) is 13.4 Å². The van der Waals surface area contributed by atoms with Gasteiger partial charge in [0.15, 0.2) is 0 Å². The number of aromatic nitrogens is 2. The zero-order chi connectivity index (χ0) is 33.5. The Kier molecular flexibility index (Phi) is 11.2. The summed E-state index contributed by atoms with van der Waals surface area (Å²) in [4.78, 5) is 32.3. The molecule has 0 aliphatic heterocycles. The maximum atomic E-state index is 12.1. The zero-order valence-corrected chi connectivity index (χ0v) is 27.7. The van der Waals surface area contributed by atoms with Crippen molar-refractivity contribution < 1.29 is 32.3 Å². The van der Waals surface area contributed by atoms with Crippen LogP contribution < -0.4 is 16.0 Å². The van der Waals surface area contributed by atoms with Crippen molar-refractivity contribution in [3.63, 3.8) is 0 Å². The fourth-order valence-corrected chi connectivity index (χ4v) is 6.04. The minimum absolute atomic E-state index is 0.112. The maximum absolute atomic E-state index is 12.1. The highest BCUT2D eigenvalue weighted by Crippen LogP contribution is 2.30. The lowest BCUT2D eigenvalue weighted by Gasteiger charge is -2.27. The van der Waals surface area contributed by atoms with Gasteiger partial charge in [-0.3, -0.25) is 4.18 Å². The Morgan fingerprint density at radius 2 is 1.78 bits per heavy atom. The lowest BCUT2D eigenvalue weighted by Crippen LogP contribution is -2.32. The van der Waals surface area contributed by atoms with Gasteiger partial charge in [-0.05, 0) is 93.2 Å². The van der Waals surface area contributed by atoms with E-state index in [0.717, 1.165) is 46.9 Å². The number of ether oxygens (including phenoxy) is 1. The fourth-order valence-electron chi connectivity index (χ4n) is 5.35. The molecule has 0 saturated heterocycles. The summed E-state index contributed by atoms with van der Waals surface area (Å²) >= 11 is 0. The number of carbonyl (C=O) groups excluding carboxylic acids is 1. The molecule has 2 aromatic carbocycles. The van der Waals surface area contributed by atoms with Crippen molar-refractivity contribution >= 4 is 33.7 Å². The number of benzene rings is 2. The highest BCUT2D eigenvalue weighted by Gasteiger charge is 2.27. The predicted molar refractivity (Wildman–Crippen MR) is 174 cm³/mol. The van der Waals surface area contributed by atoms with Crippen LogP contribution >= 0.6 is 0 Å². The van der Waals surface area contributed by atoms with E-state index in [-0.39, 0.29) is 34.4 Å². The molecule has 0 bridgehead atoms. The number of carbonyl (C=O) groups is 1. The van der Waals surface area contributed by atoms with Gasteiger partial charge in [0.25, 0.3) is 15.0 Å². The van der Waals surface area contributed by atoms with Crippen molar-refractivity contribution in [3.05, 3.63) is 70.3 Å². The van der Waals surface area contributed by atoms with E-state index in [9.17, 15) is 23.3 Å². The molecule has 0 unspecified atom stereocenters. The van der Waals surface area contributed by atoms with Gasteiger partial charge >= 0.3 is 11.8 Å². The second-order valence-corrected chi connectivity index (χ2v) is 14.1. The van der Waals surface area contributed by atoms with E-state index in [2.05, 4.69) is 25.9 Å². The first-order valence-electron chi connectivity index (χ1n) is 15.2. The summed E-state index contributed by atoms with van der Waals surface area (Å²) in [6.45, 7) is 8.72. The monoisotopic (exact) mass is 655 g/mol. The summed E-state index contributed by atoms with van der Waals surface area (Å²) in [5, 5.41) is 18.8. The number of rotatable bonds is 12. The van der Waals surface area contributed by atoms with Gasteiger partial charge in [0.05, 0.1) is 17.3 Å². The summed E-state index contributed by atoms with van der Waals surface area (Å²) in [6.07, 6.45) is 4.24. The number of nitrogens with zero attached hydrogens (tertiary/aromatic N) is 3. The molecule has 1 aliphatic carbocycles. The molecule has 1 heterocycles. The van der Waals surface area contributed by atoms with Crippen LogP contribution in [0, 0.1) is 17.7 Å². The smallest absolute Gasteiger partial charge is 0.407 e. The summed E-state index contributed by atoms with van der Waals surface area (Å²) in [5.74, 6) is 0.680. The molecule has 248 valence electrons. The van der Waals surface area contributed by atoms with Crippen LogP contribution in [0.15, 0.2) is 48.7 Å². The van der Waals surface area contributed by atoms with Crippen LogP contribution in [-0.2, 0) is 32.1 Å². The molecule has 46 heavy (non-hydrogen) atoms. The van der Waals surface area contributed by atoms with E-state index in [1.807, 2.05) is 70.2 Å². The second-order valence-electron chi connectivity index (χ2n) is 12.5. The summed E-state index contributed by atoms with van der Waals surface area (Å²) in [6, 6.07) is 14.0. The van der Waals surface area contributed by atoms with E-state index in [1.165, 1.54) is 6.20 Å². The van der Waals surface area contributed by atoms with E-state index in [1.54, 1.807) is 0 Å². The topological polar surface area (TPSA) is 172 Å². The molecule has 3 aromatic rings. The SMILES string of the molecule is Cc1c(CNc2ncc([N+](=O)O)c(NC[C@H]3CC[C@@H](OS(C)(=O)=O)CC3)n2)cccc1-c1cccc(CNC(=O)OC(C)(C)C)c1. The summed E-state index contributed by atoms with van der Waals surface area (Å²) in [7, 11) is -3.50. The van der Waals surface area contributed by atoms with E-state index >= 15 is 0 Å². The molecule has 1 aliphatic rings. The van der Waals surface area contributed by atoms with E-state index in [0.29, 0.717) is 32.5 Å². The lowest BCUT2D eigenvalue weighted by molar-refractivity contribution is -0.729. The number of anilines is 2. The van der Waals surface area contributed by atoms with Crippen molar-refractivity contribution in [2.45, 2.75) is 78.2 Å². The van der Waals surface area contributed by atoms with Crippen molar-refractivity contribution in [2.75, 3.05) is 23.4 Å². The molecule has 1 fully saturated rings. The number of amides is 1. The largest absolute Gasteiger partial charge is 0.444 e. The molecule has 0 atom stereocenters. The molecular weight excluding hydrogens is 612 g/mol. The summed E-state index contributed by atoms with van der Waals surface area (Å²) in [5.41, 5.74) is 4.36. The Labute approximate surface area is 269 Å². The van der Waals surface area contributed by atoms with Crippen LogP contribution in [0.3, 0.4) is 0 Å². The van der Waals surface area contributed by atoms with E-state index in [4.69, 9.17) is 8.92 Å². The standard InChI is InChI=1S/C32H42N6O7S/c1-21-25(10-7-11-27(21)24-9-6-8-23(16-24)18-36-31(39)44-32(2,3)4)19-34-30-35-20-28(38(40)41)29(37-30)33-17-22-12-14-26(15-13-22)45-46(5,42)43/h6-11,16,20,22,26H,12-15,17-19H2,1-5H3,(H3-,33,34,35,36,37,39,40,41)/p+1/t22-,26+. The zero-order valence-electron chi connectivity index (χ0n) is 26.9. The van der Waals surface area contributed by atoms with E-state index < -0.39 is 21.8 Å². The molecule has 0 radical (unpaired) electrons. The number of hydrogen-bond donors (Lipinski definition) is 4. The first-order chi connectivity index (χ1) is 21.7. The van der Waals surface area contributed by atoms with Gasteiger partial charge in [0, 0.05) is 19.6 Å². The molecule has 4 N–H and O–H groups in total. The van der Waals surface area contributed by atoms with Crippen LogP contribution in [-0.4, -0.2) is 59.1 Å². The van der Waals surface area contributed by atoms with Gasteiger partial charge in [-0.25, -0.2) is 15.0 Å². The Morgan fingerprint density at radius 3 is 2.46 bits per heavy atom. The van der Waals surface area contributed by atoms with Gasteiger partial charge in [0.2, 0.25) is 11.8 Å². The number of alkyl carbamates (subject to hydrolysis) is 1. The van der Waals surface area contributed by atoms with Crippen molar-refractivity contribution in [3.8, 4) is 11.1 Å². The van der Waals surface area contributed by atoms with Gasteiger partial charge in [-0.1, -0.05) is 36.4 Å². The molecule has 13 nitrogen and oxygen atoms in total. The number of hydrogen-bond acceptors (Lipinski definition) is 10. The highest BCUT2D eigenvalue weighted by molar-refractivity contribution is 7.86. The maximum Gasteiger partial charge on any atom is 0.407 e. The van der Waals surface area contributed by atoms with Crippen LogP contribution in [0.2, 0.25) is 0 Å². The number of nitrogens with one attached hydrogen (secondary N) is 3. The normalized spacial score (nSPS) is 16.8. The third-order valence-corrected chi connectivity index (χ3v) is 8.22. The first-order valence-corrected chi connectivity index (χ1v) is 17.0. The van der Waals surface area contributed by atoms with Crippen LogP contribution in [0.1, 0.15) is 63.1 Å². The Hall–Kier alpha value is -4.30. The average molecular weight is 656 g/mol. The minimum Gasteiger partial charge on any atom is -0.444 e. The molecule has 4 rings (SSSR count). The van der Waals surface area contributed by atoms with Crippen LogP contribution in [0.25, 0.3) is 11.1 Å². The van der Waals surface area contributed by atoms with Crippen molar-refractivity contribution in [2.24, 2.45) is 5.92 Å². The predicted octanol–water partition coefficient (Wildman–Crippen LogP) is 5.84. The Morgan fingerprint density at radius 1 is 1.07 bits per heavy atom. The molecule has 14 heteroatoms. The summed E-state index contributed by atoms with van der Waals surface area (Å²) < 4.78 is 33.3. The fraction of sp³-hybridized carbons (Fsp3) is 0.469. The lowest BCUT2D eigenvalue weighted by atomic mass is 9.87. The van der Waals surface area contributed by atoms with Crippen molar-refractivity contribution in [1.82, 2.24) is 15.3 Å². The molecule has 1 amide bonds. The highest BCUT2D eigenvalue weighted by atomic mass is 32.2. The van der Waals surface area contributed by atoms with Crippen LogP contribution in [0.4, 0.5) is 22.2 Å². The Balaban J connectivity index is 1.39. The molecule has 0 spiro atoms. The minimum atomic E-state index is -3.50. The first kappa shape index (κ1) is 34.6. The van der Waals surface area contributed by atoms with Gasteiger partial charge in [0.1, 0.15) is 11.8 Å². The van der Waals surface area contributed by atoms with Crippen molar-refractivity contribution in [1.29, 1.82) is 0 Å². The van der Waals surface area contributed by atoms with Crippen LogP contribution in [0.5, 0.6) is 0 Å².